The minimum absolute atomic E-state index is 0.614. The van der Waals surface area contributed by atoms with Gasteiger partial charge in [-0.2, -0.15) is 0 Å². The summed E-state index contributed by atoms with van der Waals surface area (Å²) in [6, 6.07) is 120. The van der Waals surface area contributed by atoms with E-state index in [1.165, 1.54) is 33.4 Å². The van der Waals surface area contributed by atoms with Crippen LogP contribution in [0.15, 0.2) is 364 Å². The molecule has 0 bridgehead atoms. The van der Waals surface area contributed by atoms with Crippen molar-refractivity contribution in [1.82, 2.24) is 0 Å². The minimum Gasteiger partial charge on any atom is -0.497 e. The number of nitrogens with zero attached hydrogens (tertiary/aromatic N) is 2. The summed E-state index contributed by atoms with van der Waals surface area (Å²) in [6.07, 6.45) is 30.3. The number of anilines is 6. The quantitative estimate of drug-likeness (QED) is 0.0421. The van der Waals surface area contributed by atoms with Gasteiger partial charge in [-0.05, 0) is 193 Å². The van der Waals surface area contributed by atoms with Gasteiger partial charge in [0.1, 0.15) is 11.5 Å². The zero-order valence-corrected chi connectivity index (χ0v) is 56.8. The van der Waals surface area contributed by atoms with E-state index >= 15 is 0 Å². The lowest BCUT2D eigenvalue weighted by Gasteiger charge is -2.26. The van der Waals surface area contributed by atoms with E-state index in [0.717, 1.165) is 101 Å². The lowest BCUT2D eigenvalue weighted by Crippen LogP contribution is -2.09. The molecule has 488 valence electrons. The fraction of sp³-hybridized carbons (Fsp3) is 0.0309. The highest BCUT2D eigenvalue weighted by Crippen LogP contribution is 2.38. The molecule has 0 aromatic heterocycles. The third-order valence-electron chi connectivity index (χ3n) is 17.5. The van der Waals surface area contributed by atoms with Gasteiger partial charge in [-0.3, -0.25) is 0 Å². The van der Waals surface area contributed by atoms with Crippen molar-refractivity contribution in [2.45, 2.75) is 6.92 Å². The summed E-state index contributed by atoms with van der Waals surface area (Å²) in [7, 11) is 1.70. The molecule has 0 N–H and O–H groups in total. The summed E-state index contributed by atoms with van der Waals surface area (Å²) >= 11 is 0. The van der Waals surface area contributed by atoms with E-state index in [1.807, 2.05) is 31.2 Å². The first-order valence-corrected chi connectivity index (χ1v) is 34.3. The molecule has 0 spiro atoms. The fourth-order valence-electron chi connectivity index (χ4n) is 12.0. The lowest BCUT2D eigenvalue weighted by atomic mass is 9.97. The molecule has 13 rings (SSSR count). The molecule has 0 radical (unpaired) electrons. The Hall–Kier alpha value is -13.0. The van der Waals surface area contributed by atoms with Crippen molar-refractivity contribution in [3.8, 4) is 11.5 Å². The third-order valence-corrected chi connectivity index (χ3v) is 17.5. The number of allylic oxidation sites excluding steroid dienone is 4. The molecule has 0 saturated carbocycles. The van der Waals surface area contributed by atoms with Gasteiger partial charge in [0.25, 0.3) is 0 Å². The second kappa shape index (κ2) is 33.8. The normalized spacial score (nSPS) is 11.5. The Kier molecular flexibility index (Phi) is 22.3. The van der Waals surface area contributed by atoms with Crippen LogP contribution in [-0.4, -0.2) is 13.7 Å². The van der Waals surface area contributed by atoms with Gasteiger partial charge in [0.05, 0.1) is 13.7 Å². The van der Waals surface area contributed by atoms with E-state index in [2.05, 4.69) is 410 Å². The van der Waals surface area contributed by atoms with E-state index < -0.39 is 0 Å². The van der Waals surface area contributed by atoms with Crippen LogP contribution in [0.5, 0.6) is 11.5 Å². The van der Waals surface area contributed by atoms with E-state index in [9.17, 15) is 0 Å². The van der Waals surface area contributed by atoms with E-state index in [1.54, 1.807) is 7.11 Å². The zero-order chi connectivity index (χ0) is 68.6. The summed E-state index contributed by atoms with van der Waals surface area (Å²) in [5.41, 5.74) is 24.7. The fourth-order valence-corrected chi connectivity index (χ4v) is 12.0. The van der Waals surface area contributed by atoms with Gasteiger partial charge in [0.2, 0.25) is 0 Å². The maximum Gasteiger partial charge on any atom is 0.119 e. The molecule has 4 nitrogen and oxygen atoms in total. The van der Waals surface area contributed by atoms with Gasteiger partial charge in [-0.1, -0.05) is 328 Å². The molecule has 0 saturated heterocycles. The Morgan fingerprint density at radius 1 is 0.238 bits per heavy atom. The second-order valence-electron chi connectivity index (χ2n) is 24.3. The van der Waals surface area contributed by atoms with Crippen LogP contribution in [0.1, 0.15) is 84.8 Å². The molecular formula is C97H78N2O2. The first kappa shape index (κ1) is 66.6. The van der Waals surface area contributed by atoms with Gasteiger partial charge in [0, 0.05) is 34.1 Å². The zero-order valence-electron chi connectivity index (χ0n) is 56.8. The average Bonchev–Trinajstić information content (AvgIpc) is 0.821. The van der Waals surface area contributed by atoms with Gasteiger partial charge in [-0.25, -0.2) is 0 Å². The molecule has 0 heterocycles. The van der Waals surface area contributed by atoms with Crippen LogP contribution in [0.3, 0.4) is 0 Å². The number of benzene rings is 13. The molecular weight excluding hydrogens is 1230 g/mol. The number of rotatable bonds is 25. The van der Waals surface area contributed by atoms with Crippen LogP contribution in [0.2, 0.25) is 0 Å². The molecule has 0 unspecified atom stereocenters. The van der Waals surface area contributed by atoms with Gasteiger partial charge < -0.3 is 19.3 Å². The molecule has 0 aliphatic rings. The lowest BCUT2D eigenvalue weighted by molar-refractivity contribution is 0.340. The summed E-state index contributed by atoms with van der Waals surface area (Å²) in [5.74, 6) is 1.66. The molecule has 0 atom stereocenters. The Balaban J connectivity index is 0.630. The largest absolute Gasteiger partial charge is 0.497 e. The summed E-state index contributed by atoms with van der Waals surface area (Å²) < 4.78 is 11.4. The molecule has 101 heavy (non-hydrogen) atoms. The maximum atomic E-state index is 5.83. The van der Waals surface area contributed by atoms with Crippen molar-refractivity contribution < 1.29 is 9.47 Å². The highest BCUT2D eigenvalue weighted by molar-refractivity contribution is 5.85. The van der Waals surface area contributed by atoms with Crippen molar-refractivity contribution in [2.24, 2.45) is 0 Å². The summed E-state index contributed by atoms with van der Waals surface area (Å²) in [4.78, 5) is 4.56. The van der Waals surface area contributed by atoms with Crippen LogP contribution < -0.4 is 19.3 Å². The highest BCUT2D eigenvalue weighted by atomic mass is 16.5. The van der Waals surface area contributed by atoms with Crippen molar-refractivity contribution in [3.63, 3.8) is 0 Å². The topological polar surface area (TPSA) is 24.9 Å². The van der Waals surface area contributed by atoms with Crippen molar-refractivity contribution >= 4 is 106 Å². The van der Waals surface area contributed by atoms with E-state index in [4.69, 9.17) is 9.47 Å². The van der Waals surface area contributed by atoms with Crippen LogP contribution in [0.25, 0.3) is 71.9 Å². The Morgan fingerprint density at radius 2 is 0.436 bits per heavy atom. The first-order valence-electron chi connectivity index (χ1n) is 34.3. The summed E-state index contributed by atoms with van der Waals surface area (Å²) in [5, 5.41) is 0. The van der Waals surface area contributed by atoms with E-state index in [-0.39, 0.29) is 0 Å². The predicted octanol–water partition coefficient (Wildman–Crippen LogP) is 26.0. The van der Waals surface area contributed by atoms with Crippen molar-refractivity contribution in [3.05, 3.63) is 442 Å². The number of ether oxygens (including phenoxy) is 2. The van der Waals surface area contributed by atoms with Gasteiger partial charge in [0.15, 0.2) is 0 Å². The minimum atomic E-state index is 0.614. The number of hydrogen-bond acceptors (Lipinski definition) is 4. The van der Waals surface area contributed by atoms with Crippen molar-refractivity contribution in [2.75, 3.05) is 23.5 Å². The molecule has 13 aromatic rings. The molecule has 0 fully saturated rings. The average molecular weight is 1300 g/mol. The molecule has 0 amide bonds. The monoisotopic (exact) mass is 1300 g/mol. The Bertz CT molecular complexity index is 4930. The van der Waals surface area contributed by atoms with Gasteiger partial charge in [-0.15, -0.1) is 0 Å². The highest BCUT2D eigenvalue weighted by Gasteiger charge is 2.15. The molecule has 0 aliphatic carbocycles. The molecule has 13 aromatic carbocycles. The van der Waals surface area contributed by atoms with Crippen LogP contribution >= 0.6 is 0 Å². The van der Waals surface area contributed by atoms with E-state index in [0.29, 0.717) is 6.61 Å². The molecule has 4 heteroatoms. The Morgan fingerprint density at radius 3 is 0.653 bits per heavy atom. The van der Waals surface area contributed by atoms with Crippen LogP contribution in [0.4, 0.5) is 34.1 Å². The van der Waals surface area contributed by atoms with Crippen LogP contribution in [-0.2, 0) is 0 Å². The maximum absolute atomic E-state index is 5.83. The second-order valence-corrected chi connectivity index (χ2v) is 24.3. The Labute approximate surface area is 595 Å². The predicted molar refractivity (Wildman–Crippen MR) is 433 cm³/mol. The standard InChI is InChI=1S/C97H78N2O2/c1-3-101-95-72-68-93(69-73-95)99(90-62-54-81(55-63-90)47-43-77-36-32-75(33-37-77)19-17-29-97(86-24-12-6-13-25-86)87-26-14-7-15-27-87)91-64-56-83(57-65-91)49-45-79-40-38-78(39-41-79)44-48-82-52-60-89(61-53-82)98(92-66-70-94(100-2)71-67-92)88-58-50-80(51-59-88)46-42-76-34-30-74(31-35-76)18-16-28-96(84-20-8-4-9-21-84)85-22-10-5-11-23-85/h4-73H,3H2,1-2H3/b18-16+,19-17+,46-42+,47-43+,48-44+,49-45+. The number of hydrogen-bond donors (Lipinski definition) is 0. The molecule has 0 aliphatic heterocycles. The summed E-state index contributed by atoms with van der Waals surface area (Å²) in [6.45, 7) is 2.62. The van der Waals surface area contributed by atoms with Crippen LogP contribution in [0, 0.1) is 0 Å². The SMILES string of the molecule is CCOc1ccc(N(c2ccc(/C=C/c3ccc(/C=C/C=C(c4ccccc4)c4ccccc4)cc3)cc2)c2ccc(/C=C/c3ccc(/C=C/c4ccc(N(c5ccc(/C=C/c6ccc(/C=C/C=C(c7ccccc7)c7ccccc7)cc6)cc5)c5ccc(OC)cc5)cc4)cc3)cc2)cc1. The van der Waals surface area contributed by atoms with Crippen molar-refractivity contribution in [1.29, 1.82) is 0 Å². The number of methoxy groups -OCH3 is 1. The smallest absolute Gasteiger partial charge is 0.119 e. The van der Waals surface area contributed by atoms with Gasteiger partial charge >= 0.3 is 0 Å². The first-order chi connectivity index (χ1) is 49.9. The third kappa shape index (κ3) is 18.2.